The average molecular weight is 331 g/mol. The SMILES string of the molecule is CCCC1=Nc2c(ncn2-c2ccccc2)C(N)N1c1ccccc1. The van der Waals surface area contributed by atoms with Crippen molar-refractivity contribution in [2.45, 2.75) is 25.9 Å². The molecule has 1 unspecified atom stereocenters. The highest BCUT2D eigenvalue weighted by Crippen LogP contribution is 2.36. The Bertz CT molecular complexity index is 883. The Labute approximate surface area is 147 Å². The largest absolute Gasteiger partial charge is 0.308 e. The second kappa shape index (κ2) is 6.53. The third-order valence-electron chi connectivity index (χ3n) is 4.38. The number of fused-ring (bicyclic) bond motifs is 1. The van der Waals surface area contributed by atoms with Crippen LogP contribution in [0, 0.1) is 0 Å². The first-order valence-corrected chi connectivity index (χ1v) is 8.59. The Hall–Kier alpha value is -2.92. The summed E-state index contributed by atoms with van der Waals surface area (Å²) in [5.41, 5.74) is 9.48. The van der Waals surface area contributed by atoms with Crippen molar-refractivity contribution in [3.8, 4) is 5.69 Å². The van der Waals surface area contributed by atoms with E-state index in [0.717, 1.165) is 41.6 Å². The number of nitrogens with zero attached hydrogens (tertiary/aromatic N) is 4. The van der Waals surface area contributed by atoms with Crippen molar-refractivity contribution in [1.82, 2.24) is 9.55 Å². The molecule has 126 valence electrons. The molecule has 5 heteroatoms. The van der Waals surface area contributed by atoms with Crippen LogP contribution in [0.4, 0.5) is 11.5 Å². The van der Waals surface area contributed by atoms with Crippen molar-refractivity contribution >= 4 is 17.3 Å². The van der Waals surface area contributed by atoms with Gasteiger partial charge in [0.2, 0.25) is 0 Å². The minimum atomic E-state index is -0.346. The van der Waals surface area contributed by atoms with Crippen molar-refractivity contribution in [2.24, 2.45) is 10.7 Å². The molecule has 0 radical (unpaired) electrons. The van der Waals surface area contributed by atoms with E-state index in [-0.39, 0.29) is 6.17 Å². The third kappa shape index (κ3) is 2.72. The first kappa shape index (κ1) is 15.6. The molecule has 2 aromatic carbocycles. The Morgan fingerprint density at radius 2 is 1.60 bits per heavy atom. The third-order valence-corrected chi connectivity index (χ3v) is 4.38. The van der Waals surface area contributed by atoms with Gasteiger partial charge in [-0.1, -0.05) is 43.3 Å². The van der Waals surface area contributed by atoms with Gasteiger partial charge < -0.3 is 10.6 Å². The predicted octanol–water partition coefficient (Wildman–Crippen LogP) is 4.18. The van der Waals surface area contributed by atoms with Crippen molar-refractivity contribution < 1.29 is 0 Å². The fourth-order valence-corrected chi connectivity index (χ4v) is 3.21. The number of hydrogen-bond donors (Lipinski definition) is 1. The molecule has 5 nitrogen and oxygen atoms in total. The molecule has 0 spiro atoms. The van der Waals surface area contributed by atoms with Gasteiger partial charge in [-0.15, -0.1) is 0 Å². The number of aliphatic imine (C=N–C) groups is 1. The fourth-order valence-electron chi connectivity index (χ4n) is 3.21. The molecular weight excluding hydrogens is 310 g/mol. The number of aromatic nitrogens is 2. The maximum Gasteiger partial charge on any atom is 0.165 e. The van der Waals surface area contributed by atoms with Crippen LogP contribution in [0.5, 0.6) is 0 Å². The lowest BCUT2D eigenvalue weighted by atomic mass is 10.1. The predicted molar refractivity (Wildman–Crippen MR) is 101 cm³/mol. The quantitative estimate of drug-likeness (QED) is 0.780. The topological polar surface area (TPSA) is 59.4 Å². The minimum Gasteiger partial charge on any atom is -0.308 e. The molecule has 0 amide bonds. The monoisotopic (exact) mass is 331 g/mol. The summed E-state index contributed by atoms with van der Waals surface area (Å²) in [6, 6.07) is 20.3. The molecule has 25 heavy (non-hydrogen) atoms. The second-order valence-electron chi connectivity index (χ2n) is 6.09. The molecule has 0 bridgehead atoms. The van der Waals surface area contributed by atoms with E-state index in [9.17, 15) is 0 Å². The summed E-state index contributed by atoms with van der Waals surface area (Å²) in [6.45, 7) is 2.15. The molecule has 3 aromatic rings. The molecule has 0 saturated heterocycles. The van der Waals surface area contributed by atoms with Crippen LogP contribution in [0.1, 0.15) is 31.6 Å². The summed E-state index contributed by atoms with van der Waals surface area (Å²) >= 11 is 0. The Balaban J connectivity index is 1.84. The van der Waals surface area contributed by atoms with Crippen LogP contribution >= 0.6 is 0 Å². The van der Waals surface area contributed by atoms with Crippen LogP contribution in [0.3, 0.4) is 0 Å². The van der Waals surface area contributed by atoms with E-state index in [1.807, 2.05) is 53.1 Å². The van der Waals surface area contributed by atoms with Gasteiger partial charge in [0.1, 0.15) is 24.0 Å². The smallest absolute Gasteiger partial charge is 0.165 e. The average Bonchev–Trinajstić information content (AvgIpc) is 3.08. The standard InChI is InChI=1S/C20H21N5/c1-2-9-17-23-20-18(19(21)25(17)16-12-7-4-8-13-16)22-14-24(20)15-10-5-3-6-11-15/h3-8,10-14,19H,2,9,21H2,1H3. The highest BCUT2D eigenvalue weighted by Gasteiger charge is 2.31. The van der Waals surface area contributed by atoms with E-state index in [0.29, 0.717) is 0 Å². The Morgan fingerprint density at radius 3 is 2.24 bits per heavy atom. The minimum absolute atomic E-state index is 0.346. The van der Waals surface area contributed by atoms with Gasteiger partial charge in [-0.3, -0.25) is 4.57 Å². The van der Waals surface area contributed by atoms with Crippen molar-refractivity contribution in [3.63, 3.8) is 0 Å². The van der Waals surface area contributed by atoms with E-state index in [1.165, 1.54) is 0 Å². The lowest BCUT2D eigenvalue weighted by Gasteiger charge is -2.34. The maximum atomic E-state index is 6.60. The number of imidazole rings is 1. The van der Waals surface area contributed by atoms with Crippen molar-refractivity contribution in [2.75, 3.05) is 4.90 Å². The molecule has 0 saturated carbocycles. The van der Waals surface area contributed by atoms with Gasteiger partial charge in [-0.05, 0) is 30.7 Å². The highest BCUT2D eigenvalue weighted by atomic mass is 15.3. The van der Waals surface area contributed by atoms with Gasteiger partial charge in [0, 0.05) is 17.8 Å². The molecular formula is C20H21N5. The zero-order valence-corrected chi connectivity index (χ0v) is 14.2. The van der Waals surface area contributed by atoms with Crippen LogP contribution in [0.25, 0.3) is 5.69 Å². The zero-order valence-electron chi connectivity index (χ0n) is 14.2. The molecule has 1 aliphatic heterocycles. The van der Waals surface area contributed by atoms with Gasteiger partial charge >= 0.3 is 0 Å². The normalized spacial score (nSPS) is 16.5. The first-order valence-electron chi connectivity index (χ1n) is 8.59. The summed E-state index contributed by atoms with van der Waals surface area (Å²) in [4.78, 5) is 11.6. The number of para-hydroxylation sites is 2. The second-order valence-corrected chi connectivity index (χ2v) is 6.09. The summed E-state index contributed by atoms with van der Waals surface area (Å²) in [7, 11) is 0. The fraction of sp³-hybridized carbons (Fsp3) is 0.200. The summed E-state index contributed by atoms with van der Waals surface area (Å²) in [6.07, 6.45) is 3.33. The van der Waals surface area contributed by atoms with Gasteiger partial charge in [0.05, 0.1) is 0 Å². The van der Waals surface area contributed by atoms with Crippen LogP contribution in [0.15, 0.2) is 72.0 Å². The van der Waals surface area contributed by atoms with Crippen molar-refractivity contribution in [3.05, 3.63) is 72.7 Å². The number of rotatable bonds is 4. The van der Waals surface area contributed by atoms with Crippen LogP contribution in [0.2, 0.25) is 0 Å². The van der Waals surface area contributed by atoms with Gasteiger partial charge in [-0.2, -0.15) is 0 Å². The molecule has 0 aliphatic carbocycles. The Morgan fingerprint density at radius 1 is 0.960 bits per heavy atom. The van der Waals surface area contributed by atoms with Gasteiger partial charge in [0.15, 0.2) is 5.82 Å². The van der Waals surface area contributed by atoms with Crippen LogP contribution in [-0.2, 0) is 0 Å². The number of amidine groups is 1. The molecule has 1 atom stereocenters. The summed E-state index contributed by atoms with van der Waals surface area (Å²) < 4.78 is 2.01. The zero-order chi connectivity index (χ0) is 17.2. The van der Waals surface area contributed by atoms with E-state index >= 15 is 0 Å². The number of benzene rings is 2. The first-order chi connectivity index (χ1) is 12.3. The lowest BCUT2D eigenvalue weighted by Crippen LogP contribution is -2.42. The summed E-state index contributed by atoms with van der Waals surface area (Å²) in [5.74, 6) is 1.81. The molecule has 0 fully saturated rings. The van der Waals surface area contributed by atoms with Crippen LogP contribution < -0.4 is 10.6 Å². The van der Waals surface area contributed by atoms with E-state index in [1.54, 1.807) is 6.33 Å². The number of nitrogens with two attached hydrogens (primary N) is 1. The lowest BCUT2D eigenvalue weighted by molar-refractivity contribution is 0.705. The Kier molecular flexibility index (Phi) is 4.07. The highest BCUT2D eigenvalue weighted by molar-refractivity contribution is 6.01. The number of anilines is 1. The molecule has 1 aliphatic rings. The van der Waals surface area contributed by atoms with E-state index in [2.05, 4.69) is 28.9 Å². The van der Waals surface area contributed by atoms with Gasteiger partial charge in [0.25, 0.3) is 0 Å². The van der Waals surface area contributed by atoms with Crippen molar-refractivity contribution in [1.29, 1.82) is 0 Å². The maximum absolute atomic E-state index is 6.60. The van der Waals surface area contributed by atoms with Gasteiger partial charge in [-0.25, -0.2) is 9.98 Å². The number of hydrogen-bond acceptors (Lipinski definition) is 4. The van der Waals surface area contributed by atoms with E-state index in [4.69, 9.17) is 10.7 Å². The van der Waals surface area contributed by atoms with E-state index < -0.39 is 0 Å². The van der Waals surface area contributed by atoms with Crippen LogP contribution in [-0.4, -0.2) is 15.4 Å². The molecule has 2 heterocycles. The molecule has 1 aromatic heterocycles. The molecule has 2 N–H and O–H groups in total. The summed E-state index contributed by atoms with van der Waals surface area (Å²) in [5, 5.41) is 0. The molecule has 4 rings (SSSR count).